The number of hydrogen-bond acceptors (Lipinski definition) is 7. The van der Waals surface area contributed by atoms with Gasteiger partial charge in [0.25, 0.3) is 0 Å². The van der Waals surface area contributed by atoms with Crippen LogP contribution in [0.4, 0.5) is 0 Å². The highest BCUT2D eigenvalue weighted by atomic mass is 32.2. The van der Waals surface area contributed by atoms with Crippen LogP contribution in [0.5, 0.6) is 0 Å². The molecule has 120 valence electrons. The standard InChI is InChI=1S/C15H16N4O2S2/c1-8-16-14-12(9-5-3-4-6-10(9)23-14)13-17-18-15(19(8)13)22-7-11(20)21-2/h3-7H2,1-2H3. The number of fused-ring (bicyclic) bond motifs is 5. The zero-order valence-corrected chi connectivity index (χ0v) is 14.6. The smallest absolute Gasteiger partial charge is 0.316 e. The van der Waals surface area contributed by atoms with Crippen LogP contribution in [-0.2, 0) is 22.4 Å². The average Bonchev–Trinajstić information content (AvgIpc) is 3.13. The molecule has 0 unspecified atom stereocenters. The van der Waals surface area contributed by atoms with Gasteiger partial charge in [-0.15, -0.1) is 21.5 Å². The first-order valence-electron chi connectivity index (χ1n) is 7.54. The Morgan fingerprint density at radius 3 is 3.00 bits per heavy atom. The van der Waals surface area contributed by atoms with E-state index in [-0.39, 0.29) is 11.7 Å². The van der Waals surface area contributed by atoms with E-state index in [0.29, 0.717) is 5.16 Å². The number of aryl methyl sites for hydroxylation is 3. The Morgan fingerprint density at radius 1 is 1.35 bits per heavy atom. The highest BCUT2D eigenvalue weighted by molar-refractivity contribution is 7.99. The maximum Gasteiger partial charge on any atom is 0.316 e. The van der Waals surface area contributed by atoms with Crippen LogP contribution in [0.15, 0.2) is 5.16 Å². The molecule has 0 radical (unpaired) electrons. The minimum Gasteiger partial charge on any atom is -0.468 e. The molecule has 3 heterocycles. The largest absolute Gasteiger partial charge is 0.468 e. The minimum atomic E-state index is -0.272. The molecule has 4 rings (SSSR count). The van der Waals surface area contributed by atoms with Crippen LogP contribution in [-0.4, -0.2) is 38.4 Å². The van der Waals surface area contributed by atoms with Crippen molar-refractivity contribution < 1.29 is 9.53 Å². The van der Waals surface area contributed by atoms with Gasteiger partial charge >= 0.3 is 5.97 Å². The summed E-state index contributed by atoms with van der Waals surface area (Å²) < 4.78 is 6.65. The van der Waals surface area contributed by atoms with Crippen LogP contribution in [0.25, 0.3) is 15.9 Å². The Kier molecular flexibility index (Phi) is 3.73. The predicted octanol–water partition coefficient (Wildman–Crippen LogP) is 2.79. The summed E-state index contributed by atoms with van der Waals surface area (Å²) in [6.07, 6.45) is 4.70. The van der Waals surface area contributed by atoms with Crippen molar-refractivity contribution in [1.82, 2.24) is 19.6 Å². The Balaban J connectivity index is 1.87. The highest BCUT2D eigenvalue weighted by Gasteiger charge is 2.22. The lowest BCUT2D eigenvalue weighted by atomic mass is 9.97. The summed E-state index contributed by atoms with van der Waals surface area (Å²) in [4.78, 5) is 18.6. The number of hydrogen-bond donors (Lipinski definition) is 0. The quantitative estimate of drug-likeness (QED) is 0.535. The Labute approximate surface area is 141 Å². The molecular weight excluding hydrogens is 332 g/mol. The van der Waals surface area contributed by atoms with Crippen molar-refractivity contribution in [2.45, 2.75) is 37.8 Å². The molecule has 6 nitrogen and oxygen atoms in total. The van der Waals surface area contributed by atoms with Gasteiger partial charge in [0.1, 0.15) is 10.7 Å². The molecular formula is C15H16N4O2S2. The average molecular weight is 348 g/mol. The lowest BCUT2D eigenvalue weighted by Crippen LogP contribution is -2.05. The van der Waals surface area contributed by atoms with Gasteiger partial charge < -0.3 is 4.74 Å². The van der Waals surface area contributed by atoms with Crippen molar-refractivity contribution in [1.29, 1.82) is 0 Å². The van der Waals surface area contributed by atoms with Crippen molar-refractivity contribution in [3.63, 3.8) is 0 Å². The zero-order chi connectivity index (χ0) is 16.0. The lowest BCUT2D eigenvalue weighted by molar-refractivity contribution is -0.137. The molecule has 3 aromatic rings. The SMILES string of the molecule is COC(=O)CSc1nnc2c3c4c(sc3nc(C)n12)CCCC4. The van der Waals surface area contributed by atoms with Gasteiger partial charge in [-0.3, -0.25) is 9.20 Å². The molecule has 0 bridgehead atoms. The zero-order valence-electron chi connectivity index (χ0n) is 13.0. The van der Waals surface area contributed by atoms with Crippen molar-refractivity contribution in [3.8, 4) is 0 Å². The van der Waals surface area contributed by atoms with Gasteiger partial charge in [-0.05, 0) is 38.2 Å². The first-order valence-corrected chi connectivity index (χ1v) is 9.35. The molecule has 1 aliphatic rings. The number of methoxy groups -OCH3 is 1. The summed E-state index contributed by atoms with van der Waals surface area (Å²) >= 11 is 3.12. The van der Waals surface area contributed by atoms with Gasteiger partial charge in [-0.25, -0.2) is 4.98 Å². The second-order valence-electron chi connectivity index (χ2n) is 5.56. The van der Waals surface area contributed by atoms with Crippen LogP contribution in [0.3, 0.4) is 0 Å². The van der Waals surface area contributed by atoms with Crippen LogP contribution in [0, 0.1) is 6.92 Å². The molecule has 0 N–H and O–H groups in total. The molecule has 3 aromatic heterocycles. The van der Waals surface area contributed by atoms with Crippen LogP contribution >= 0.6 is 23.1 Å². The summed E-state index contributed by atoms with van der Waals surface area (Å²) in [5.74, 6) is 0.797. The molecule has 0 atom stereocenters. The lowest BCUT2D eigenvalue weighted by Gasteiger charge is -2.10. The van der Waals surface area contributed by atoms with Gasteiger partial charge in [0.2, 0.25) is 0 Å². The molecule has 0 amide bonds. The fraction of sp³-hybridized carbons (Fsp3) is 0.467. The van der Waals surface area contributed by atoms with E-state index >= 15 is 0 Å². The second-order valence-corrected chi connectivity index (χ2v) is 7.58. The number of esters is 1. The van der Waals surface area contributed by atoms with E-state index in [0.717, 1.165) is 34.5 Å². The summed E-state index contributed by atoms with van der Waals surface area (Å²) in [6, 6.07) is 0. The third kappa shape index (κ3) is 2.40. The van der Waals surface area contributed by atoms with E-state index in [1.165, 1.54) is 42.2 Å². The van der Waals surface area contributed by atoms with E-state index in [4.69, 9.17) is 9.72 Å². The number of aromatic nitrogens is 4. The van der Waals surface area contributed by atoms with E-state index in [9.17, 15) is 4.79 Å². The van der Waals surface area contributed by atoms with Crippen molar-refractivity contribution in [3.05, 3.63) is 16.3 Å². The van der Waals surface area contributed by atoms with E-state index < -0.39 is 0 Å². The molecule has 0 aromatic carbocycles. The number of rotatable bonds is 3. The summed E-state index contributed by atoms with van der Waals surface area (Å²) in [5, 5.41) is 10.5. The molecule has 0 spiro atoms. The van der Waals surface area contributed by atoms with Gasteiger partial charge in [0.15, 0.2) is 10.8 Å². The summed E-state index contributed by atoms with van der Waals surface area (Å²) in [5.41, 5.74) is 2.25. The number of nitrogens with zero attached hydrogens (tertiary/aromatic N) is 4. The molecule has 1 aliphatic carbocycles. The minimum absolute atomic E-state index is 0.219. The summed E-state index contributed by atoms with van der Waals surface area (Å²) in [7, 11) is 1.39. The maximum atomic E-state index is 11.4. The van der Waals surface area contributed by atoms with Gasteiger partial charge in [0.05, 0.1) is 18.2 Å². The molecule has 23 heavy (non-hydrogen) atoms. The fourth-order valence-electron chi connectivity index (χ4n) is 3.06. The molecule has 0 fully saturated rings. The van der Waals surface area contributed by atoms with Crippen molar-refractivity contribution >= 4 is 44.9 Å². The molecule has 8 heteroatoms. The molecule has 0 saturated carbocycles. The number of carbonyl (C=O) groups is 1. The number of thiophene rings is 1. The van der Waals surface area contributed by atoms with Crippen LogP contribution < -0.4 is 0 Å². The normalized spacial score (nSPS) is 14.3. The number of carbonyl (C=O) groups excluding carboxylic acids is 1. The van der Waals surface area contributed by atoms with Crippen molar-refractivity contribution in [2.24, 2.45) is 0 Å². The predicted molar refractivity (Wildman–Crippen MR) is 90.3 cm³/mol. The van der Waals surface area contributed by atoms with Crippen LogP contribution in [0.2, 0.25) is 0 Å². The first-order chi connectivity index (χ1) is 11.2. The third-order valence-electron chi connectivity index (χ3n) is 4.14. The fourth-order valence-corrected chi connectivity index (χ4v) is 5.17. The third-order valence-corrected chi connectivity index (χ3v) is 6.23. The van der Waals surface area contributed by atoms with E-state index in [1.807, 2.05) is 11.3 Å². The van der Waals surface area contributed by atoms with Crippen LogP contribution in [0.1, 0.15) is 29.1 Å². The monoisotopic (exact) mass is 348 g/mol. The highest BCUT2D eigenvalue weighted by Crippen LogP contribution is 2.38. The first kappa shape index (κ1) is 14.9. The van der Waals surface area contributed by atoms with E-state index in [1.54, 1.807) is 11.3 Å². The second kappa shape index (κ2) is 5.76. The van der Waals surface area contributed by atoms with E-state index in [2.05, 4.69) is 10.2 Å². The maximum absolute atomic E-state index is 11.4. The van der Waals surface area contributed by atoms with Gasteiger partial charge in [-0.1, -0.05) is 11.8 Å². The Bertz CT molecular complexity index is 915. The molecule has 0 aliphatic heterocycles. The molecule has 0 saturated heterocycles. The number of thioether (sulfide) groups is 1. The van der Waals surface area contributed by atoms with Gasteiger partial charge in [0, 0.05) is 4.88 Å². The number of ether oxygens (including phenoxy) is 1. The Morgan fingerprint density at radius 2 is 2.17 bits per heavy atom. The Hall–Kier alpha value is -1.67. The summed E-state index contributed by atoms with van der Waals surface area (Å²) in [6.45, 7) is 1.96. The van der Waals surface area contributed by atoms with Crippen molar-refractivity contribution in [2.75, 3.05) is 12.9 Å². The van der Waals surface area contributed by atoms with Gasteiger partial charge in [-0.2, -0.15) is 0 Å². The topological polar surface area (TPSA) is 69.4 Å².